The zero-order valence-corrected chi connectivity index (χ0v) is 18.0. The molecule has 5 nitrogen and oxygen atoms in total. The van der Waals surface area contributed by atoms with Crippen molar-refractivity contribution in [3.05, 3.63) is 78.5 Å². The Labute approximate surface area is 184 Å². The third kappa shape index (κ3) is 5.50. The topological polar surface area (TPSA) is 54.5 Å². The van der Waals surface area contributed by atoms with Crippen LogP contribution in [0.15, 0.2) is 72.9 Å². The highest BCUT2D eigenvalue weighted by atomic mass is 16.5. The number of likely N-dealkylation sites (tertiary alicyclic amines) is 1. The monoisotopic (exact) mass is 415 g/mol. The van der Waals surface area contributed by atoms with Gasteiger partial charge in [-0.1, -0.05) is 48.5 Å². The summed E-state index contributed by atoms with van der Waals surface area (Å²) in [5.74, 6) is 0.762. The second-order valence-electron chi connectivity index (χ2n) is 7.91. The van der Waals surface area contributed by atoms with E-state index in [1.165, 1.54) is 5.56 Å². The predicted octanol–water partition coefficient (Wildman–Crippen LogP) is 5.00. The highest BCUT2D eigenvalue weighted by Gasteiger charge is 2.26. The van der Waals surface area contributed by atoms with Crippen LogP contribution in [0, 0.1) is 5.92 Å². The van der Waals surface area contributed by atoms with Gasteiger partial charge in [-0.15, -0.1) is 0 Å². The molecule has 1 N–H and O–H groups in total. The highest BCUT2D eigenvalue weighted by molar-refractivity contribution is 5.93. The summed E-state index contributed by atoms with van der Waals surface area (Å²) in [7, 11) is 0. The maximum absolute atomic E-state index is 12.9. The van der Waals surface area contributed by atoms with Crippen LogP contribution in [0.4, 0.5) is 5.69 Å². The van der Waals surface area contributed by atoms with Crippen LogP contribution in [0.2, 0.25) is 0 Å². The summed E-state index contributed by atoms with van der Waals surface area (Å²) in [6.45, 7) is 5.04. The zero-order chi connectivity index (χ0) is 21.5. The number of piperidine rings is 1. The summed E-state index contributed by atoms with van der Waals surface area (Å²) in [6.07, 6.45) is 3.68. The van der Waals surface area contributed by atoms with Gasteiger partial charge in [-0.05, 0) is 55.6 Å². The van der Waals surface area contributed by atoms with E-state index >= 15 is 0 Å². The van der Waals surface area contributed by atoms with Gasteiger partial charge in [0.15, 0.2) is 0 Å². The fourth-order valence-corrected chi connectivity index (χ4v) is 4.09. The standard InChI is InChI=1S/C26H29N3O2/c1-2-31-26-23(10-6-16-27-26)19-29-17-7-11-22(18-29)25(30)28-24-14-12-21(13-15-24)20-8-4-3-5-9-20/h3-6,8-10,12-16,22H,2,7,11,17-19H2,1H3,(H,28,30). The molecule has 1 atom stereocenters. The first kappa shape index (κ1) is 21.1. The van der Waals surface area contributed by atoms with E-state index in [0.29, 0.717) is 12.5 Å². The van der Waals surface area contributed by atoms with Crippen molar-refractivity contribution in [2.75, 3.05) is 25.0 Å². The van der Waals surface area contributed by atoms with Crippen molar-refractivity contribution in [1.82, 2.24) is 9.88 Å². The average molecular weight is 416 g/mol. The number of benzene rings is 2. The van der Waals surface area contributed by atoms with E-state index in [4.69, 9.17) is 4.74 Å². The van der Waals surface area contributed by atoms with E-state index in [2.05, 4.69) is 45.5 Å². The molecule has 160 valence electrons. The number of carbonyl (C=O) groups is 1. The summed E-state index contributed by atoms with van der Waals surface area (Å²) >= 11 is 0. The van der Waals surface area contributed by atoms with Crippen molar-refractivity contribution in [2.24, 2.45) is 5.92 Å². The smallest absolute Gasteiger partial charge is 0.228 e. The Hall–Kier alpha value is -3.18. The fraction of sp³-hybridized carbons (Fsp3) is 0.308. The Bertz CT molecular complexity index is 989. The molecule has 0 radical (unpaired) electrons. The van der Waals surface area contributed by atoms with E-state index in [1.807, 2.05) is 43.3 Å². The number of aromatic nitrogens is 1. The molecule has 1 aromatic heterocycles. The van der Waals surface area contributed by atoms with Crippen molar-refractivity contribution in [3.63, 3.8) is 0 Å². The first-order valence-corrected chi connectivity index (χ1v) is 11.0. The van der Waals surface area contributed by atoms with Gasteiger partial charge < -0.3 is 10.1 Å². The molecule has 1 amide bonds. The van der Waals surface area contributed by atoms with Crippen LogP contribution < -0.4 is 10.1 Å². The second-order valence-corrected chi connectivity index (χ2v) is 7.91. The molecule has 4 rings (SSSR count). The van der Waals surface area contributed by atoms with E-state index in [0.717, 1.165) is 49.3 Å². The molecule has 0 saturated carbocycles. The Morgan fingerprint density at radius 3 is 2.61 bits per heavy atom. The Kier molecular flexibility index (Phi) is 6.95. The molecule has 5 heteroatoms. The van der Waals surface area contributed by atoms with Gasteiger partial charge in [0.25, 0.3) is 0 Å². The molecule has 2 aromatic carbocycles. The number of amides is 1. The van der Waals surface area contributed by atoms with E-state index in [-0.39, 0.29) is 11.8 Å². The van der Waals surface area contributed by atoms with Gasteiger partial charge in [-0.3, -0.25) is 9.69 Å². The first-order valence-electron chi connectivity index (χ1n) is 11.0. The number of nitrogens with zero attached hydrogens (tertiary/aromatic N) is 2. The summed E-state index contributed by atoms with van der Waals surface area (Å²) in [5.41, 5.74) is 4.23. The molecule has 3 aromatic rings. The molecule has 1 fully saturated rings. The molecule has 1 aliphatic rings. The number of anilines is 1. The number of pyridine rings is 1. The molecular weight excluding hydrogens is 386 g/mol. The van der Waals surface area contributed by atoms with Gasteiger partial charge in [0.05, 0.1) is 12.5 Å². The minimum absolute atomic E-state index is 0.0187. The molecule has 31 heavy (non-hydrogen) atoms. The summed E-state index contributed by atoms with van der Waals surface area (Å²) < 4.78 is 5.66. The van der Waals surface area contributed by atoms with Crippen LogP contribution in [0.1, 0.15) is 25.3 Å². The third-order valence-corrected chi connectivity index (χ3v) is 5.66. The lowest BCUT2D eigenvalue weighted by atomic mass is 9.96. The van der Waals surface area contributed by atoms with Crippen molar-refractivity contribution < 1.29 is 9.53 Å². The normalized spacial score (nSPS) is 16.6. The first-order chi connectivity index (χ1) is 15.2. The molecule has 1 aliphatic heterocycles. The zero-order valence-electron chi connectivity index (χ0n) is 18.0. The second kappa shape index (κ2) is 10.2. The number of carbonyl (C=O) groups excluding carboxylic acids is 1. The maximum Gasteiger partial charge on any atom is 0.228 e. The molecule has 2 heterocycles. The predicted molar refractivity (Wildman–Crippen MR) is 124 cm³/mol. The molecule has 0 bridgehead atoms. The lowest BCUT2D eigenvalue weighted by Crippen LogP contribution is -2.40. The van der Waals surface area contributed by atoms with Crippen LogP contribution >= 0.6 is 0 Å². The van der Waals surface area contributed by atoms with Gasteiger partial charge >= 0.3 is 0 Å². The largest absolute Gasteiger partial charge is 0.478 e. The number of hydrogen-bond acceptors (Lipinski definition) is 4. The molecule has 1 saturated heterocycles. The minimum Gasteiger partial charge on any atom is -0.478 e. The average Bonchev–Trinajstić information content (AvgIpc) is 2.82. The number of rotatable bonds is 7. The summed E-state index contributed by atoms with van der Waals surface area (Å²) in [5, 5.41) is 3.10. The molecule has 1 unspecified atom stereocenters. The van der Waals surface area contributed by atoms with Crippen molar-refractivity contribution in [2.45, 2.75) is 26.3 Å². The van der Waals surface area contributed by atoms with Gasteiger partial charge in [-0.2, -0.15) is 0 Å². The Morgan fingerprint density at radius 1 is 1.06 bits per heavy atom. The van der Waals surface area contributed by atoms with E-state index < -0.39 is 0 Å². The number of hydrogen-bond donors (Lipinski definition) is 1. The number of nitrogens with one attached hydrogen (secondary N) is 1. The Morgan fingerprint density at radius 2 is 1.84 bits per heavy atom. The van der Waals surface area contributed by atoms with Crippen LogP contribution in [-0.2, 0) is 11.3 Å². The van der Waals surface area contributed by atoms with Crippen molar-refractivity contribution >= 4 is 11.6 Å². The quantitative estimate of drug-likeness (QED) is 0.590. The van der Waals surface area contributed by atoms with Crippen LogP contribution in [0.5, 0.6) is 5.88 Å². The van der Waals surface area contributed by atoms with Gasteiger partial charge in [0.1, 0.15) is 0 Å². The van der Waals surface area contributed by atoms with Gasteiger partial charge in [0, 0.05) is 30.5 Å². The van der Waals surface area contributed by atoms with Crippen molar-refractivity contribution in [3.8, 4) is 17.0 Å². The summed E-state index contributed by atoms with van der Waals surface area (Å²) in [6, 6.07) is 22.3. The third-order valence-electron chi connectivity index (χ3n) is 5.66. The fourth-order valence-electron chi connectivity index (χ4n) is 4.09. The molecular formula is C26H29N3O2. The number of ether oxygens (including phenoxy) is 1. The highest BCUT2D eigenvalue weighted by Crippen LogP contribution is 2.25. The van der Waals surface area contributed by atoms with Crippen molar-refractivity contribution in [1.29, 1.82) is 0 Å². The molecule has 0 spiro atoms. The Balaban J connectivity index is 1.36. The van der Waals surface area contributed by atoms with Gasteiger partial charge in [-0.25, -0.2) is 4.98 Å². The SMILES string of the molecule is CCOc1ncccc1CN1CCCC(C(=O)Nc2ccc(-c3ccccc3)cc2)C1. The van der Waals surface area contributed by atoms with Crippen LogP contribution in [-0.4, -0.2) is 35.5 Å². The lowest BCUT2D eigenvalue weighted by Gasteiger charge is -2.32. The van der Waals surface area contributed by atoms with E-state index in [9.17, 15) is 4.79 Å². The lowest BCUT2D eigenvalue weighted by molar-refractivity contribution is -0.121. The van der Waals surface area contributed by atoms with Gasteiger partial charge in [0.2, 0.25) is 11.8 Å². The minimum atomic E-state index is -0.0187. The van der Waals surface area contributed by atoms with E-state index in [1.54, 1.807) is 6.20 Å². The maximum atomic E-state index is 12.9. The van der Waals surface area contributed by atoms with Crippen LogP contribution in [0.25, 0.3) is 11.1 Å². The van der Waals surface area contributed by atoms with Crippen LogP contribution in [0.3, 0.4) is 0 Å². The summed E-state index contributed by atoms with van der Waals surface area (Å²) in [4.78, 5) is 19.6. The molecule has 0 aliphatic carbocycles.